The summed E-state index contributed by atoms with van der Waals surface area (Å²) in [6.45, 7) is 1.85. The van der Waals surface area contributed by atoms with Crippen molar-refractivity contribution < 1.29 is 24.5 Å². The zero-order valence-electron chi connectivity index (χ0n) is 13.7. The minimum absolute atomic E-state index is 0.869. The second kappa shape index (κ2) is 11.2. The fraction of sp³-hybridized carbons (Fsp3) is 0.222. The lowest BCUT2D eigenvalue weighted by Gasteiger charge is -2.08. The minimum atomic E-state index is -1.82. The minimum Gasteiger partial charge on any atom is -0.496 e. The lowest BCUT2D eigenvalue weighted by atomic mass is 10.1. The monoisotopic (exact) mass is 409 g/mol. The van der Waals surface area contributed by atoms with Crippen LogP contribution >= 0.6 is 15.9 Å². The Hall–Kier alpha value is -2.38. The predicted octanol–water partition coefficient (Wildman–Crippen LogP) is 2.95. The van der Waals surface area contributed by atoms with Gasteiger partial charge in [-0.25, -0.2) is 9.59 Å². The Kier molecular flexibility index (Phi) is 9.28. The number of halogens is 1. The summed E-state index contributed by atoms with van der Waals surface area (Å²) in [5, 5.41) is 18.2. The van der Waals surface area contributed by atoms with Crippen molar-refractivity contribution in [1.29, 1.82) is 0 Å². The van der Waals surface area contributed by atoms with Crippen molar-refractivity contribution in [2.45, 2.75) is 13.0 Å². The Labute approximate surface area is 154 Å². The van der Waals surface area contributed by atoms with E-state index in [1.54, 1.807) is 7.11 Å². The van der Waals surface area contributed by atoms with E-state index in [0.29, 0.717) is 0 Å². The van der Waals surface area contributed by atoms with E-state index in [1.165, 1.54) is 11.1 Å². The van der Waals surface area contributed by atoms with Gasteiger partial charge in [0.1, 0.15) is 5.75 Å². The van der Waals surface area contributed by atoms with Crippen molar-refractivity contribution in [3.63, 3.8) is 0 Å². The Morgan fingerprint density at radius 2 is 1.68 bits per heavy atom. The predicted molar refractivity (Wildman–Crippen MR) is 97.8 cm³/mol. The third-order valence-corrected chi connectivity index (χ3v) is 3.78. The van der Waals surface area contributed by atoms with Crippen LogP contribution in [0.25, 0.3) is 0 Å². The molecule has 0 fully saturated rings. The van der Waals surface area contributed by atoms with Crippen molar-refractivity contribution in [3.8, 4) is 5.75 Å². The van der Waals surface area contributed by atoms with Crippen LogP contribution in [0.15, 0.2) is 53.0 Å². The molecule has 3 N–H and O–H groups in total. The van der Waals surface area contributed by atoms with E-state index in [2.05, 4.69) is 57.6 Å². The van der Waals surface area contributed by atoms with Crippen LogP contribution in [0.4, 0.5) is 0 Å². The highest BCUT2D eigenvalue weighted by Crippen LogP contribution is 2.25. The molecule has 0 aliphatic carbocycles. The zero-order valence-corrected chi connectivity index (χ0v) is 15.3. The molecule has 0 heterocycles. The first-order valence-corrected chi connectivity index (χ1v) is 8.26. The van der Waals surface area contributed by atoms with Crippen LogP contribution in [-0.2, 0) is 22.6 Å². The van der Waals surface area contributed by atoms with Crippen molar-refractivity contribution in [3.05, 3.63) is 64.1 Å². The summed E-state index contributed by atoms with van der Waals surface area (Å²) in [5.41, 5.74) is 2.62. The number of ether oxygens (including phenoxy) is 1. The van der Waals surface area contributed by atoms with Gasteiger partial charge in [0.15, 0.2) is 0 Å². The van der Waals surface area contributed by atoms with Crippen molar-refractivity contribution in [2.75, 3.05) is 13.7 Å². The summed E-state index contributed by atoms with van der Waals surface area (Å²) < 4.78 is 6.21. The first-order chi connectivity index (χ1) is 11.9. The molecule has 2 rings (SSSR count). The summed E-state index contributed by atoms with van der Waals surface area (Å²) in [4.78, 5) is 18.2. The standard InChI is InChI=1S/C16H18BrNO.C2H2O4/c1-19-16-8-7-14(11-15(16)17)12-18-10-9-13-5-3-2-4-6-13;3-1(4)2(5)6/h2-8,11,18H,9-10,12H2,1H3;(H,3,4)(H,5,6). The molecule has 6 nitrogen and oxygen atoms in total. The van der Waals surface area contributed by atoms with Gasteiger partial charge < -0.3 is 20.3 Å². The summed E-state index contributed by atoms with van der Waals surface area (Å²) in [7, 11) is 1.68. The third kappa shape index (κ3) is 8.32. The molecule has 0 saturated carbocycles. The molecule has 0 amide bonds. The Bertz CT molecular complexity index is 679. The molecule has 0 aliphatic rings. The SMILES string of the molecule is COc1ccc(CNCCc2ccccc2)cc1Br.O=C(O)C(=O)O. The maximum atomic E-state index is 9.10. The van der Waals surface area contributed by atoms with Gasteiger partial charge in [-0.3, -0.25) is 0 Å². The highest BCUT2D eigenvalue weighted by Gasteiger charge is 2.04. The summed E-state index contributed by atoms with van der Waals surface area (Å²) in [6, 6.07) is 16.7. The Morgan fingerprint density at radius 3 is 2.20 bits per heavy atom. The number of benzene rings is 2. The van der Waals surface area contributed by atoms with Crippen molar-refractivity contribution in [2.24, 2.45) is 0 Å². The quantitative estimate of drug-likeness (QED) is 0.501. The van der Waals surface area contributed by atoms with Crippen LogP contribution in [-0.4, -0.2) is 35.8 Å². The van der Waals surface area contributed by atoms with Gasteiger partial charge in [0.2, 0.25) is 0 Å². The number of methoxy groups -OCH3 is 1. The van der Waals surface area contributed by atoms with Crippen LogP contribution < -0.4 is 10.1 Å². The van der Waals surface area contributed by atoms with Crippen molar-refractivity contribution in [1.82, 2.24) is 5.32 Å². The highest BCUT2D eigenvalue weighted by atomic mass is 79.9. The van der Waals surface area contributed by atoms with Gasteiger partial charge in [-0.1, -0.05) is 36.4 Å². The van der Waals surface area contributed by atoms with Crippen LogP contribution in [0.2, 0.25) is 0 Å². The van der Waals surface area contributed by atoms with E-state index in [9.17, 15) is 0 Å². The molecule has 2 aromatic rings. The van der Waals surface area contributed by atoms with Crippen LogP contribution in [0.3, 0.4) is 0 Å². The maximum absolute atomic E-state index is 9.10. The Morgan fingerprint density at radius 1 is 1.04 bits per heavy atom. The molecule has 0 aliphatic heterocycles. The molecule has 2 aromatic carbocycles. The number of carboxylic acid groups (broad SMARTS) is 2. The molecule has 0 atom stereocenters. The van der Waals surface area contributed by atoms with E-state index in [4.69, 9.17) is 24.5 Å². The molecule has 0 aromatic heterocycles. The van der Waals surface area contributed by atoms with E-state index in [-0.39, 0.29) is 0 Å². The molecule has 0 radical (unpaired) electrons. The van der Waals surface area contributed by atoms with Gasteiger partial charge in [-0.2, -0.15) is 0 Å². The van der Waals surface area contributed by atoms with Crippen LogP contribution in [0.5, 0.6) is 5.75 Å². The average Bonchev–Trinajstić information content (AvgIpc) is 2.60. The molecular weight excluding hydrogens is 390 g/mol. The van der Waals surface area contributed by atoms with Gasteiger partial charge in [0.05, 0.1) is 11.6 Å². The largest absolute Gasteiger partial charge is 0.496 e. The molecule has 7 heteroatoms. The third-order valence-electron chi connectivity index (χ3n) is 3.16. The summed E-state index contributed by atoms with van der Waals surface area (Å²) in [5.74, 6) is -2.78. The lowest BCUT2D eigenvalue weighted by molar-refractivity contribution is -0.159. The first kappa shape index (κ1) is 20.7. The lowest BCUT2D eigenvalue weighted by Crippen LogP contribution is -2.16. The summed E-state index contributed by atoms with van der Waals surface area (Å²) in [6.07, 6.45) is 1.05. The molecular formula is C18H20BrNO5. The van der Waals surface area contributed by atoms with E-state index in [0.717, 1.165) is 29.7 Å². The molecule has 0 bridgehead atoms. The van der Waals surface area contributed by atoms with Gasteiger partial charge in [-0.05, 0) is 52.2 Å². The van der Waals surface area contributed by atoms with Gasteiger partial charge in [0.25, 0.3) is 0 Å². The normalized spacial score (nSPS) is 9.68. The van der Waals surface area contributed by atoms with Gasteiger partial charge >= 0.3 is 11.9 Å². The molecule has 0 saturated heterocycles. The van der Waals surface area contributed by atoms with E-state index in [1.807, 2.05) is 12.1 Å². The maximum Gasteiger partial charge on any atom is 0.414 e. The zero-order chi connectivity index (χ0) is 18.7. The first-order valence-electron chi connectivity index (χ1n) is 7.47. The number of aliphatic carboxylic acids is 2. The molecule has 0 unspecified atom stereocenters. The smallest absolute Gasteiger partial charge is 0.414 e. The summed E-state index contributed by atoms with van der Waals surface area (Å²) >= 11 is 3.50. The number of hydrogen-bond acceptors (Lipinski definition) is 4. The molecule has 25 heavy (non-hydrogen) atoms. The Balaban J connectivity index is 0.000000450. The number of nitrogens with one attached hydrogen (secondary N) is 1. The average molecular weight is 410 g/mol. The number of hydrogen-bond donors (Lipinski definition) is 3. The van der Waals surface area contributed by atoms with Gasteiger partial charge in [0, 0.05) is 6.54 Å². The van der Waals surface area contributed by atoms with Gasteiger partial charge in [-0.15, -0.1) is 0 Å². The van der Waals surface area contributed by atoms with E-state index >= 15 is 0 Å². The highest BCUT2D eigenvalue weighted by molar-refractivity contribution is 9.10. The van der Waals surface area contributed by atoms with Crippen LogP contribution in [0.1, 0.15) is 11.1 Å². The molecule has 134 valence electrons. The molecule has 0 spiro atoms. The number of rotatable bonds is 6. The topological polar surface area (TPSA) is 95.9 Å². The fourth-order valence-electron chi connectivity index (χ4n) is 1.93. The second-order valence-corrected chi connectivity index (χ2v) is 5.85. The van der Waals surface area contributed by atoms with Crippen LogP contribution in [0, 0.1) is 0 Å². The van der Waals surface area contributed by atoms with Crippen molar-refractivity contribution >= 4 is 27.9 Å². The number of carbonyl (C=O) groups is 2. The number of carboxylic acids is 2. The van der Waals surface area contributed by atoms with E-state index < -0.39 is 11.9 Å². The fourth-order valence-corrected chi connectivity index (χ4v) is 2.52. The second-order valence-electron chi connectivity index (χ2n) is 4.99.